The van der Waals surface area contributed by atoms with Crippen LogP contribution in [0.2, 0.25) is 0 Å². The molecule has 0 aromatic heterocycles. The van der Waals surface area contributed by atoms with E-state index < -0.39 is 0 Å². The van der Waals surface area contributed by atoms with Gasteiger partial charge < -0.3 is 15.4 Å². The van der Waals surface area contributed by atoms with Crippen LogP contribution in [0.25, 0.3) is 0 Å². The molecule has 4 nitrogen and oxygen atoms in total. The number of esters is 1. The molecule has 0 aliphatic heterocycles. The molecule has 2 aromatic carbocycles. The number of benzene rings is 2. The van der Waals surface area contributed by atoms with Gasteiger partial charge in [-0.3, -0.25) is 0 Å². The maximum absolute atomic E-state index is 11.7. The number of methoxy groups -OCH3 is 1. The highest BCUT2D eigenvalue weighted by Gasteiger charge is 2.19. The van der Waals surface area contributed by atoms with Gasteiger partial charge in [-0.1, -0.05) is 43.7 Å². The van der Waals surface area contributed by atoms with Crippen molar-refractivity contribution in [2.24, 2.45) is 5.92 Å². The number of hydrogen-bond acceptors (Lipinski definition) is 3. The zero-order chi connectivity index (χ0) is 19.3. The summed E-state index contributed by atoms with van der Waals surface area (Å²) in [5, 5.41) is 7.09. The van der Waals surface area contributed by atoms with Crippen LogP contribution in [0, 0.1) is 19.8 Å². The normalized spacial score (nSPS) is 11.8. The van der Waals surface area contributed by atoms with E-state index in [0.717, 1.165) is 5.69 Å². The standard InChI is InChI=1S/C21H26N2O2S/c1-13(2)19(18-10-9-14(3)11-15(18)4)23-21(26)22-17-8-6-7-16(12-17)20(24)25-5/h6-13,19H,1-5H3,(H2,22,23,26). The van der Waals surface area contributed by atoms with Crippen LogP contribution < -0.4 is 10.6 Å². The molecule has 0 aliphatic rings. The highest BCUT2D eigenvalue weighted by molar-refractivity contribution is 7.80. The fourth-order valence-electron chi connectivity index (χ4n) is 2.93. The summed E-state index contributed by atoms with van der Waals surface area (Å²) < 4.78 is 4.76. The van der Waals surface area contributed by atoms with E-state index in [1.807, 2.05) is 6.07 Å². The number of carbonyl (C=O) groups excluding carboxylic acids is 1. The molecule has 0 fully saturated rings. The molecule has 26 heavy (non-hydrogen) atoms. The Balaban J connectivity index is 2.15. The van der Waals surface area contributed by atoms with Crippen molar-refractivity contribution in [3.63, 3.8) is 0 Å². The van der Waals surface area contributed by atoms with Crippen LogP contribution in [0.3, 0.4) is 0 Å². The third-order valence-corrected chi connectivity index (χ3v) is 4.48. The number of hydrogen-bond donors (Lipinski definition) is 2. The van der Waals surface area contributed by atoms with Crippen LogP contribution in [0.15, 0.2) is 42.5 Å². The summed E-state index contributed by atoms with van der Waals surface area (Å²) in [6.07, 6.45) is 0. The van der Waals surface area contributed by atoms with Crippen LogP contribution in [-0.2, 0) is 4.74 Å². The number of carbonyl (C=O) groups is 1. The van der Waals surface area contributed by atoms with Crippen molar-refractivity contribution in [1.82, 2.24) is 5.32 Å². The van der Waals surface area contributed by atoms with E-state index in [0.29, 0.717) is 16.6 Å². The van der Waals surface area contributed by atoms with E-state index in [1.165, 1.54) is 23.8 Å². The van der Waals surface area contributed by atoms with Crippen molar-refractivity contribution in [3.05, 3.63) is 64.7 Å². The smallest absolute Gasteiger partial charge is 0.337 e. The number of nitrogens with one attached hydrogen (secondary N) is 2. The Morgan fingerprint density at radius 2 is 1.85 bits per heavy atom. The Morgan fingerprint density at radius 3 is 2.46 bits per heavy atom. The van der Waals surface area contributed by atoms with Crippen LogP contribution >= 0.6 is 12.2 Å². The SMILES string of the molecule is COC(=O)c1cccc(NC(=S)NC(c2ccc(C)cc2C)C(C)C)c1. The predicted molar refractivity (Wildman–Crippen MR) is 111 cm³/mol. The molecular formula is C21H26N2O2S. The largest absolute Gasteiger partial charge is 0.465 e. The van der Waals surface area contributed by atoms with Gasteiger partial charge in [-0.15, -0.1) is 0 Å². The second kappa shape index (κ2) is 8.81. The van der Waals surface area contributed by atoms with Crippen molar-refractivity contribution < 1.29 is 9.53 Å². The molecule has 0 saturated carbocycles. The van der Waals surface area contributed by atoms with E-state index in [-0.39, 0.29) is 12.0 Å². The summed E-state index contributed by atoms with van der Waals surface area (Å²) in [5.41, 5.74) is 4.95. The molecule has 2 aromatic rings. The number of thiocarbonyl (C=S) groups is 1. The first-order chi connectivity index (χ1) is 12.3. The van der Waals surface area contributed by atoms with Crippen LogP contribution in [0.4, 0.5) is 5.69 Å². The molecule has 0 radical (unpaired) electrons. The molecule has 0 amide bonds. The van der Waals surface area contributed by atoms with Crippen LogP contribution in [0.1, 0.15) is 46.9 Å². The van der Waals surface area contributed by atoms with E-state index in [2.05, 4.69) is 56.5 Å². The Labute approximate surface area is 161 Å². The average molecular weight is 371 g/mol. The third kappa shape index (κ3) is 5.05. The average Bonchev–Trinajstić information content (AvgIpc) is 2.59. The van der Waals surface area contributed by atoms with Crippen molar-refractivity contribution in [2.45, 2.75) is 33.7 Å². The van der Waals surface area contributed by atoms with Crippen molar-refractivity contribution in [2.75, 3.05) is 12.4 Å². The first-order valence-electron chi connectivity index (χ1n) is 8.65. The first-order valence-corrected chi connectivity index (χ1v) is 9.05. The molecule has 0 heterocycles. The van der Waals surface area contributed by atoms with Crippen LogP contribution in [-0.4, -0.2) is 18.2 Å². The highest BCUT2D eigenvalue weighted by atomic mass is 32.1. The molecule has 1 unspecified atom stereocenters. The minimum absolute atomic E-state index is 0.0967. The zero-order valence-corrected chi connectivity index (χ0v) is 16.7. The van der Waals surface area contributed by atoms with Crippen LogP contribution in [0.5, 0.6) is 0 Å². The lowest BCUT2D eigenvalue weighted by Gasteiger charge is -2.26. The van der Waals surface area contributed by atoms with Gasteiger partial charge in [-0.05, 0) is 61.3 Å². The quantitative estimate of drug-likeness (QED) is 0.586. The Morgan fingerprint density at radius 1 is 1.12 bits per heavy atom. The number of rotatable bonds is 5. The molecule has 5 heteroatoms. The summed E-state index contributed by atoms with van der Waals surface area (Å²) in [5.74, 6) is -0.0135. The second-order valence-corrected chi connectivity index (χ2v) is 7.16. The third-order valence-electron chi connectivity index (χ3n) is 4.26. The summed E-state index contributed by atoms with van der Waals surface area (Å²) in [6, 6.07) is 13.6. The maximum Gasteiger partial charge on any atom is 0.337 e. The first kappa shape index (κ1) is 19.9. The summed E-state index contributed by atoms with van der Waals surface area (Å²) in [6.45, 7) is 8.54. The Bertz CT molecular complexity index is 802. The van der Waals surface area contributed by atoms with Crippen molar-refractivity contribution >= 4 is 29.0 Å². The molecule has 2 N–H and O–H groups in total. The number of aryl methyl sites for hydroxylation is 2. The van der Waals surface area contributed by atoms with Crippen molar-refractivity contribution in [1.29, 1.82) is 0 Å². The molecule has 2 rings (SSSR count). The Hall–Kier alpha value is -2.40. The summed E-state index contributed by atoms with van der Waals surface area (Å²) in [7, 11) is 1.37. The van der Waals surface area contributed by atoms with Gasteiger partial charge in [-0.2, -0.15) is 0 Å². The maximum atomic E-state index is 11.7. The topological polar surface area (TPSA) is 50.4 Å². The molecule has 1 atom stereocenters. The summed E-state index contributed by atoms with van der Waals surface area (Å²) >= 11 is 5.50. The molecular weight excluding hydrogens is 344 g/mol. The van der Waals surface area contributed by atoms with Gasteiger partial charge >= 0.3 is 5.97 Å². The predicted octanol–water partition coefficient (Wildman–Crippen LogP) is 4.77. The number of anilines is 1. The van der Waals surface area contributed by atoms with E-state index >= 15 is 0 Å². The molecule has 0 bridgehead atoms. The molecule has 0 aliphatic carbocycles. The fourth-order valence-corrected chi connectivity index (χ4v) is 3.17. The van der Waals surface area contributed by atoms with Gasteiger partial charge in [0.2, 0.25) is 0 Å². The van der Waals surface area contributed by atoms with Gasteiger partial charge in [0, 0.05) is 5.69 Å². The van der Waals surface area contributed by atoms with E-state index in [1.54, 1.807) is 18.2 Å². The molecule has 0 spiro atoms. The van der Waals surface area contributed by atoms with Gasteiger partial charge in [0.25, 0.3) is 0 Å². The van der Waals surface area contributed by atoms with Gasteiger partial charge in [0.15, 0.2) is 5.11 Å². The number of ether oxygens (including phenoxy) is 1. The lowest BCUT2D eigenvalue weighted by Crippen LogP contribution is -2.35. The zero-order valence-electron chi connectivity index (χ0n) is 15.9. The lowest BCUT2D eigenvalue weighted by molar-refractivity contribution is 0.0601. The summed E-state index contributed by atoms with van der Waals surface area (Å²) in [4.78, 5) is 11.7. The molecule has 0 saturated heterocycles. The lowest BCUT2D eigenvalue weighted by atomic mass is 9.92. The van der Waals surface area contributed by atoms with Crippen molar-refractivity contribution in [3.8, 4) is 0 Å². The van der Waals surface area contributed by atoms with E-state index in [4.69, 9.17) is 17.0 Å². The highest BCUT2D eigenvalue weighted by Crippen LogP contribution is 2.25. The van der Waals surface area contributed by atoms with E-state index in [9.17, 15) is 4.79 Å². The van der Waals surface area contributed by atoms with Gasteiger partial charge in [-0.25, -0.2) is 4.79 Å². The second-order valence-electron chi connectivity index (χ2n) is 6.75. The monoisotopic (exact) mass is 370 g/mol. The minimum atomic E-state index is -0.372. The Kier molecular flexibility index (Phi) is 6.75. The minimum Gasteiger partial charge on any atom is -0.465 e. The molecule has 138 valence electrons. The van der Waals surface area contributed by atoms with Gasteiger partial charge in [0.05, 0.1) is 18.7 Å². The fraction of sp³-hybridized carbons (Fsp3) is 0.333. The van der Waals surface area contributed by atoms with Gasteiger partial charge in [0.1, 0.15) is 0 Å².